The first-order valence-corrected chi connectivity index (χ1v) is 8.51. The highest BCUT2D eigenvalue weighted by Gasteiger charge is 2.25. The maximum atomic E-state index is 5.79. The van der Waals surface area contributed by atoms with E-state index in [1.807, 2.05) is 42.2 Å². The van der Waals surface area contributed by atoms with Crippen LogP contribution in [0.2, 0.25) is 0 Å². The highest BCUT2D eigenvalue weighted by Crippen LogP contribution is 2.25. The van der Waals surface area contributed by atoms with E-state index in [9.17, 15) is 0 Å². The van der Waals surface area contributed by atoms with Crippen LogP contribution in [0.3, 0.4) is 0 Å². The van der Waals surface area contributed by atoms with Crippen molar-refractivity contribution in [2.45, 2.75) is 45.3 Å². The molecule has 4 rings (SSSR count). The molecule has 1 aliphatic rings. The Balaban J connectivity index is 1.50. The molecule has 6 heteroatoms. The Morgan fingerprint density at radius 1 is 1.29 bits per heavy atom. The smallest absolute Gasteiger partial charge is 0.263 e. The Morgan fingerprint density at radius 2 is 2.25 bits per heavy atom. The van der Waals surface area contributed by atoms with Crippen LogP contribution in [-0.2, 0) is 13.1 Å². The Kier molecular flexibility index (Phi) is 4.21. The van der Waals surface area contributed by atoms with Gasteiger partial charge in [-0.25, -0.2) is 4.98 Å². The fourth-order valence-electron chi connectivity index (χ4n) is 3.37. The van der Waals surface area contributed by atoms with E-state index >= 15 is 0 Å². The fraction of sp³-hybridized carbons (Fsp3) is 0.444. The second-order valence-corrected chi connectivity index (χ2v) is 6.35. The zero-order valence-corrected chi connectivity index (χ0v) is 13.9. The summed E-state index contributed by atoms with van der Waals surface area (Å²) >= 11 is 0. The highest BCUT2D eigenvalue weighted by atomic mass is 16.4. The van der Waals surface area contributed by atoms with Crippen molar-refractivity contribution in [2.24, 2.45) is 0 Å². The van der Waals surface area contributed by atoms with Crippen LogP contribution in [0.1, 0.15) is 30.7 Å². The van der Waals surface area contributed by atoms with Gasteiger partial charge in [0.05, 0.1) is 18.5 Å². The molecule has 0 spiro atoms. The average Bonchev–Trinajstić information content (AvgIpc) is 3.32. The predicted octanol–water partition coefficient (Wildman–Crippen LogP) is 3.49. The van der Waals surface area contributed by atoms with Crippen molar-refractivity contribution in [3.63, 3.8) is 0 Å². The molecule has 3 aromatic heterocycles. The summed E-state index contributed by atoms with van der Waals surface area (Å²) in [5.41, 5.74) is 0.994. The molecule has 0 bridgehead atoms. The summed E-state index contributed by atoms with van der Waals surface area (Å²) in [7, 11) is 0. The number of aryl methyl sites for hydroxylation is 1. The van der Waals surface area contributed by atoms with Crippen molar-refractivity contribution >= 4 is 0 Å². The van der Waals surface area contributed by atoms with Crippen molar-refractivity contribution < 1.29 is 8.83 Å². The van der Waals surface area contributed by atoms with Gasteiger partial charge >= 0.3 is 0 Å². The van der Waals surface area contributed by atoms with Gasteiger partial charge in [-0.3, -0.25) is 9.58 Å². The van der Waals surface area contributed by atoms with Crippen molar-refractivity contribution in [1.29, 1.82) is 0 Å². The van der Waals surface area contributed by atoms with Crippen LogP contribution in [0.5, 0.6) is 0 Å². The minimum atomic E-state index is 0.488. The molecule has 0 unspecified atom stereocenters. The van der Waals surface area contributed by atoms with E-state index in [4.69, 9.17) is 8.83 Å². The number of aromatic nitrogens is 3. The molecule has 3 aromatic rings. The Hall–Kier alpha value is -2.34. The molecule has 6 nitrogen and oxygen atoms in total. The Morgan fingerprint density at radius 3 is 3.04 bits per heavy atom. The molecule has 0 N–H and O–H groups in total. The van der Waals surface area contributed by atoms with Crippen molar-refractivity contribution in [3.05, 3.63) is 48.3 Å². The van der Waals surface area contributed by atoms with Gasteiger partial charge in [0.25, 0.3) is 5.89 Å². The normalized spacial score (nSPS) is 19.0. The first kappa shape index (κ1) is 15.2. The molecule has 126 valence electrons. The Bertz CT molecular complexity index is 761. The van der Waals surface area contributed by atoms with Gasteiger partial charge in [0, 0.05) is 25.0 Å². The third-order valence-electron chi connectivity index (χ3n) is 4.68. The molecule has 1 aliphatic heterocycles. The molecule has 0 saturated carbocycles. The lowest BCUT2D eigenvalue weighted by molar-refractivity contribution is 0.120. The molecular weight excluding hydrogens is 304 g/mol. The molecule has 24 heavy (non-hydrogen) atoms. The van der Waals surface area contributed by atoms with E-state index in [0.717, 1.165) is 31.1 Å². The van der Waals surface area contributed by atoms with Crippen molar-refractivity contribution in [3.8, 4) is 11.7 Å². The summed E-state index contributed by atoms with van der Waals surface area (Å²) in [5.74, 6) is 2.11. The van der Waals surface area contributed by atoms with Crippen LogP contribution in [-0.4, -0.2) is 32.3 Å². The second-order valence-electron chi connectivity index (χ2n) is 6.35. The number of hydrogen-bond acceptors (Lipinski definition) is 5. The van der Waals surface area contributed by atoms with Gasteiger partial charge in [-0.05, 0) is 44.5 Å². The van der Waals surface area contributed by atoms with Gasteiger partial charge in [0.15, 0.2) is 5.76 Å². The van der Waals surface area contributed by atoms with Crippen molar-refractivity contribution in [2.75, 3.05) is 6.54 Å². The van der Waals surface area contributed by atoms with E-state index in [0.29, 0.717) is 17.7 Å². The van der Waals surface area contributed by atoms with Gasteiger partial charge in [-0.1, -0.05) is 6.42 Å². The first-order valence-electron chi connectivity index (χ1n) is 8.51. The molecule has 0 aromatic carbocycles. The van der Waals surface area contributed by atoms with Crippen molar-refractivity contribution in [1.82, 2.24) is 19.7 Å². The lowest BCUT2D eigenvalue weighted by Crippen LogP contribution is -2.41. The van der Waals surface area contributed by atoms with Crippen LogP contribution in [0.25, 0.3) is 11.7 Å². The van der Waals surface area contributed by atoms with Gasteiger partial charge in [-0.2, -0.15) is 5.10 Å². The number of rotatable bonds is 5. The van der Waals surface area contributed by atoms with Crippen LogP contribution < -0.4 is 0 Å². The largest absolute Gasteiger partial charge is 0.459 e. The minimum Gasteiger partial charge on any atom is -0.459 e. The third kappa shape index (κ3) is 3.14. The molecule has 0 aliphatic carbocycles. The maximum Gasteiger partial charge on any atom is 0.263 e. The SMILES string of the molecule is Cc1oc(-c2ccco2)nc1CN1CCCC[C@H]1Cn1cccn1. The number of oxazole rings is 1. The molecular formula is C18H22N4O2. The van der Waals surface area contributed by atoms with E-state index in [1.165, 1.54) is 19.3 Å². The molecule has 0 amide bonds. The first-order chi connectivity index (χ1) is 11.8. The van der Waals surface area contributed by atoms with Crippen LogP contribution in [0.4, 0.5) is 0 Å². The number of likely N-dealkylation sites (tertiary alicyclic amines) is 1. The van der Waals surface area contributed by atoms with Crippen LogP contribution >= 0.6 is 0 Å². The molecule has 1 fully saturated rings. The Labute approximate surface area is 141 Å². The summed E-state index contributed by atoms with van der Waals surface area (Å²) in [6.45, 7) is 4.80. The summed E-state index contributed by atoms with van der Waals surface area (Å²) < 4.78 is 13.2. The zero-order valence-electron chi connectivity index (χ0n) is 13.9. The van der Waals surface area contributed by atoms with E-state index < -0.39 is 0 Å². The molecule has 1 saturated heterocycles. The van der Waals surface area contributed by atoms with E-state index in [-0.39, 0.29) is 0 Å². The van der Waals surface area contributed by atoms with Gasteiger partial charge in [0.1, 0.15) is 5.76 Å². The van der Waals surface area contributed by atoms with Crippen LogP contribution in [0.15, 0.2) is 45.7 Å². The summed E-state index contributed by atoms with van der Waals surface area (Å²) in [6, 6.07) is 6.18. The van der Waals surface area contributed by atoms with E-state index in [1.54, 1.807) is 6.26 Å². The highest BCUT2D eigenvalue weighted by molar-refractivity contribution is 5.44. The number of nitrogens with zero attached hydrogens (tertiary/aromatic N) is 4. The number of piperidine rings is 1. The van der Waals surface area contributed by atoms with E-state index in [2.05, 4.69) is 15.0 Å². The standard InChI is InChI=1S/C18H22N4O2/c1-14-16(20-18(24-14)17-7-4-11-23-17)13-21-9-3-2-6-15(21)12-22-10-5-8-19-22/h4-5,7-8,10-11,15H,2-3,6,9,12-13H2,1H3/t15-/m0/s1. The van der Waals surface area contributed by atoms with Gasteiger partial charge < -0.3 is 8.83 Å². The topological polar surface area (TPSA) is 60.2 Å². The monoisotopic (exact) mass is 326 g/mol. The third-order valence-corrected chi connectivity index (χ3v) is 4.68. The van der Waals surface area contributed by atoms with Crippen LogP contribution in [0, 0.1) is 6.92 Å². The molecule has 4 heterocycles. The second kappa shape index (κ2) is 6.65. The lowest BCUT2D eigenvalue weighted by Gasteiger charge is -2.35. The minimum absolute atomic E-state index is 0.488. The van der Waals surface area contributed by atoms with Gasteiger partial charge in [0.2, 0.25) is 0 Å². The summed E-state index contributed by atoms with van der Waals surface area (Å²) in [5, 5.41) is 4.35. The quantitative estimate of drug-likeness (QED) is 0.718. The zero-order chi connectivity index (χ0) is 16.4. The molecule has 0 radical (unpaired) electrons. The average molecular weight is 326 g/mol. The molecule has 1 atom stereocenters. The number of hydrogen-bond donors (Lipinski definition) is 0. The summed E-state index contributed by atoms with van der Waals surface area (Å²) in [6.07, 6.45) is 9.21. The summed E-state index contributed by atoms with van der Waals surface area (Å²) in [4.78, 5) is 7.16. The maximum absolute atomic E-state index is 5.79. The lowest BCUT2D eigenvalue weighted by atomic mass is 10.0. The fourth-order valence-corrected chi connectivity index (χ4v) is 3.37. The predicted molar refractivity (Wildman–Crippen MR) is 89.2 cm³/mol. The van der Waals surface area contributed by atoms with Gasteiger partial charge in [-0.15, -0.1) is 0 Å². The number of furan rings is 1.